The number of fused-ring (bicyclic) bond motifs is 1. The fourth-order valence-electron chi connectivity index (χ4n) is 1.39. The van der Waals surface area contributed by atoms with Gasteiger partial charge in [-0.25, -0.2) is 0 Å². The van der Waals surface area contributed by atoms with Gasteiger partial charge >= 0.3 is 5.71 Å². The van der Waals surface area contributed by atoms with Gasteiger partial charge in [0, 0.05) is 14.1 Å². The molecule has 0 saturated carbocycles. The maximum Gasteiger partial charge on any atom is 0.349 e. The Balaban J connectivity index is 2.81. The van der Waals surface area contributed by atoms with Crippen molar-refractivity contribution in [2.24, 2.45) is 0 Å². The van der Waals surface area contributed by atoms with Crippen LogP contribution in [0.3, 0.4) is 0 Å². The largest absolute Gasteiger partial charge is 0.708 e. The van der Waals surface area contributed by atoms with Crippen molar-refractivity contribution in [2.75, 3.05) is 24.7 Å². The van der Waals surface area contributed by atoms with Gasteiger partial charge in [0.05, 0.1) is 0 Å². The van der Waals surface area contributed by atoms with Gasteiger partial charge < -0.3 is 25.5 Å². The van der Waals surface area contributed by atoms with Crippen molar-refractivity contribution in [3.8, 4) is 0 Å². The first-order chi connectivity index (χ1) is 6.69. The lowest BCUT2D eigenvalue weighted by Crippen LogP contribution is -2.22. The fourth-order valence-corrected chi connectivity index (χ4v) is 1.39. The molecule has 0 aliphatic rings. The summed E-state index contributed by atoms with van der Waals surface area (Å²) in [5.41, 5.74) is 0.910. The third-order valence-corrected chi connectivity index (χ3v) is 1.99. The number of furan rings is 1. The lowest BCUT2D eigenvalue weighted by atomic mass is 10.4. The zero-order chi connectivity index (χ0) is 10.3. The predicted octanol–water partition coefficient (Wildman–Crippen LogP) is 0.188. The van der Waals surface area contributed by atoms with Crippen LogP contribution in [-0.4, -0.2) is 24.0 Å². The van der Waals surface area contributed by atoms with Crippen LogP contribution >= 0.6 is 0 Å². The zero-order valence-corrected chi connectivity index (χ0v) is 7.74. The Morgan fingerprint density at radius 3 is 2.79 bits per heavy atom. The van der Waals surface area contributed by atoms with Crippen molar-refractivity contribution in [1.82, 2.24) is 4.73 Å². The number of hydrogen-bond acceptors (Lipinski definition) is 5. The molecule has 2 heterocycles. The third kappa shape index (κ3) is 0.889. The number of imidazole rings is 1. The van der Waals surface area contributed by atoms with Crippen molar-refractivity contribution in [3.63, 3.8) is 0 Å². The summed E-state index contributed by atoms with van der Waals surface area (Å²) in [5.74, 6) is 0.408. The fraction of sp³-hybridized carbons (Fsp3) is 0.286. The van der Waals surface area contributed by atoms with E-state index in [0.717, 1.165) is 11.1 Å². The second kappa shape index (κ2) is 2.72. The van der Waals surface area contributed by atoms with Gasteiger partial charge in [-0.1, -0.05) is 0 Å². The predicted molar refractivity (Wildman–Crippen MR) is 49.4 cm³/mol. The zero-order valence-electron chi connectivity index (χ0n) is 7.74. The Morgan fingerprint density at radius 1 is 1.50 bits per heavy atom. The molecule has 2 aromatic rings. The molecule has 0 radical (unpaired) electrons. The molecule has 76 valence electrons. The summed E-state index contributed by atoms with van der Waals surface area (Å²) in [6.07, 6.45) is 0.981. The van der Waals surface area contributed by atoms with Crippen LogP contribution in [0.2, 0.25) is 0 Å². The van der Waals surface area contributed by atoms with Gasteiger partial charge in [-0.15, -0.1) is 0 Å². The highest BCUT2D eigenvalue weighted by Gasteiger charge is 2.24. The van der Waals surface area contributed by atoms with Gasteiger partial charge in [0.1, 0.15) is 0 Å². The molecule has 0 fully saturated rings. The average molecular weight is 198 g/mol. The molecule has 0 spiro atoms. The molecule has 14 heavy (non-hydrogen) atoms. The normalized spacial score (nSPS) is 10.7. The first kappa shape index (κ1) is 8.54. The Labute approximate surface area is 79.1 Å². The van der Waals surface area contributed by atoms with Gasteiger partial charge in [0.25, 0.3) is 11.8 Å². The molecule has 2 rings (SSSR count). The second-order valence-electron chi connectivity index (χ2n) is 2.75. The van der Waals surface area contributed by atoms with Gasteiger partial charge in [-0.05, 0) is 4.73 Å². The summed E-state index contributed by atoms with van der Waals surface area (Å²) in [7, 11) is 3.34. The van der Waals surface area contributed by atoms with E-state index < -0.39 is 0 Å². The molecule has 0 aliphatic carbocycles. The SMILES string of the molecule is CNc1oc2c(c1NC)n(O)c[n+]2[O-]. The summed E-state index contributed by atoms with van der Waals surface area (Å²) >= 11 is 0. The number of aromatic nitrogens is 2. The van der Waals surface area contributed by atoms with E-state index in [2.05, 4.69) is 10.6 Å². The lowest BCUT2D eigenvalue weighted by Gasteiger charge is -1.98. The number of anilines is 2. The summed E-state index contributed by atoms with van der Waals surface area (Å²) in [6.45, 7) is 0. The Morgan fingerprint density at radius 2 is 2.21 bits per heavy atom. The van der Waals surface area contributed by atoms with Crippen LogP contribution in [0.1, 0.15) is 0 Å². The van der Waals surface area contributed by atoms with Crippen LogP contribution in [0.5, 0.6) is 0 Å². The van der Waals surface area contributed by atoms with Gasteiger partial charge in [0.15, 0.2) is 5.69 Å². The van der Waals surface area contributed by atoms with E-state index in [1.165, 1.54) is 0 Å². The van der Waals surface area contributed by atoms with E-state index in [1.807, 2.05) is 0 Å². The van der Waals surface area contributed by atoms with E-state index in [0.29, 0.717) is 21.8 Å². The minimum Gasteiger partial charge on any atom is -0.708 e. The summed E-state index contributed by atoms with van der Waals surface area (Å²) in [6, 6.07) is 0. The Bertz CT molecular complexity index is 473. The topological polar surface area (TPSA) is 89.3 Å². The van der Waals surface area contributed by atoms with E-state index in [4.69, 9.17) is 4.42 Å². The van der Waals surface area contributed by atoms with Gasteiger partial charge in [-0.3, -0.25) is 0 Å². The second-order valence-corrected chi connectivity index (χ2v) is 2.75. The first-order valence-electron chi connectivity index (χ1n) is 4.00. The van der Waals surface area contributed by atoms with Crippen LogP contribution in [0.4, 0.5) is 11.6 Å². The lowest BCUT2D eigenvalue weighted by molar-refractivity contribution is -0.587. The first-order valence-corrected chi connectivity index (χ1v) is 4.00. The van der Waals surface area contributed by atoms with Crippen LogP contribution in [0.15, 0.2) is 10.7 Å². The number of nitrogens with one attached hydrogen (secondary N) is 2. The molecule has 0 atom stereocenters. The molecular formula is C7H10N4O3. The van der Waals surface area contributed by atoms with Crippen LogP contribution in [0, 0.1) is 5.21 Å². The molecule has 0 unspecified atom stereocenters. The standard InChI is InChI=1S/C7H10N4O3/c1-8-4-5-7(14-6(4)9-2)11(13)3-10(5)12/h3,8-9,12H,1-2H3. The molecule has 7 heteroatoms. The highest BCUT2D eigenvalue weighted by Crippen LogP contribution is 2.32. The van der Waals surface area contributed by atoms with Gasteiger partial charge in [0.2, 0.25) is 5.88 Å². The van der Waals surface area contributed by atoms with Crippen molar-refractivity contribution in [3.05, 3.63) is 11.5 Å². The molecule has 0 aromatic carbocycles. The van der Waals surface area contributed by atoms with E-state index >= 15 is 0 Å². The Hall–Kier alpha value is -2.05. The van der Waals surface area contributed by atoms with Crippen LogP contribution in [-0.2, 0) is 0 Å². The smallest absolute Gasteiger partial charge is 0.349 e. The number of nitrogens with zero attached hydrogens (tertiary/aromatic N) is 2. The summed E-state index contributed by atoms with van der Waals surface area (Å²) in [5, 5.41) is 26.2. The maximum absolute atomic E-state index is 11.2. The van der Waals surface area contributed by atoms with Crippen molar-refractivity contribution >= 4 is 22.8 Å². The highest BCUT2D eigenvalue weighted by molar-refractivity contribution is 5.91. The van der Waals surface area contributed by atoms with Crippen molar-refractivity contribution < 1.29 is 14.4 Å². The average Bonchev–Trinajstić information content (AvgIpc) is 2.66. The molecular weight excluding hydrogens is 188 g/mol. The summed E-state index contributed by atoms with van der Waals surface area (Å²) in [4.78, 5) is 0. The monoisotopic (exact) mass is 198 g/mol. The number of rotatable bonds is 2. The van der Waals surface area contributed by atoms with Crippen LogP contribution < -0.4 is 15.4 Å². The highest BCUT2D eigenvalue weighted by atomic mass is 16.5. The Kier molecular flexibility index (Phi) is 1.66. The molecule has 0 bridgehead atoms. The van der Waals surface area contributed by atoms with Crippen molar-refractivity contribution in [1.29, 1.82) is 0 Å². The third-order valence-electron chi connectivity index (χ3n) is 1.99. The molecule has 2 aromatic heterocycles. The molecule has 0 saturated heterocycles. The van der Waals surface area contributed by atoms with Crippen LogP contribution in [0.25, 0.3) is 11.2 Å². The molecule has 0 aliphatic heterocycles. The van der Waals surface area contributed by atoms with E-state index in [-0.39, 0.29) is 5.71 Å². The number of hydrogen-bond donors (Lipinski definition) is 3. The van der Waals surface area contributed by atoms with Gasteiger partial charge in [-0.2, -0.15) is 4.73 Å². The maximum atomic E-state index is 11.2. The minimum atomic E-state index is 0.0567. The van der Waals surface area contributed by atoms with E-state index in [1.54, 1.807) is 14.1 Å². The molecule has 7 nitrogen and oxygen atoms in total. The van der Waals surface area contributed by atoms with E-state index in [9.17, 15) is 10.4 Å². The minimum absolute atomic E-state index is 0.0567. The van der Waals surface area contributed by atoms with Crippen molar-refractivity contribution in [2.45, 2.75) is 0 Å². The molecule has 0 amide bonds. The molecule has 3 N–H and O–H groups in total. The quantitative estimate of drug-likeness (QED) is 0.364. The summed E-state index contributed by atoms with van der Waals surface area (Å²) < 4.78 is 6.36.